The number of hydrogen-bond donors (Lipinski definition) is 3. The molecule has 3 N–H and O–H groups in total. The molecule has 1 atom stereocenters. The van der Waals surface area contributed by atoms with Gasteiger partial charge in [-0.25, -0.2) is 4.79 Å². The molecule has 0 aromatic heterocycles. The van der Waals surface area contributed by atoms with E-state index in [-0.39, 0.29) is 11.9 Å². The molecule has 2 rings (SSSR count). The third-order valence-electron chi connectivity index (χ3n) is 4.09. The van der Waals surface area contributed by atoms with E-state index >= 15 is 0 Å². The number of piperidine rings is 1. The van der Waals surface area contributed by atoms with Crippen LogP contribution in [0.2, 0.25) is 0 Å². The fourth-order valence-corrected chi connectivity index (χ4v) is 3.02. The van der Waals surface area contributed by atoms with Gasteiger partial charge in [-0.15, -0.1) is 0 Å². The van der Waals surface area contributed by atoms with Crippen LogP contribution in [0.4, 0.5) is 4.79 Å². The van der Waals surface area contributed by atoms with Gasteiger partial charge in [-0.1, -0.05) is 17.7 Å². The smallest absolute Gasteiger partial charge is 0.315 e. The quantitative estimate of drug-likeness (QED) is 0.793. The largest absolute Gasteiger partial charge is 0.354 e. The highest BCUT2D eigenvalue weighted by Crippen LogP contribution is 2.16. The molecule has 0 saturated carbocycles. The molecule has 120 valence electrons. The van der Waals surface area contributed by atoms with Crippen molar-refractivity contribution < 1.29 is 9.59 Å². The summed E-state index contributed by atoms with van der Waals surface area (Å²) in [5.74, 6) is -0.0911. The molecule has 0 radical (unpaired) electrons. The van der Waals surface area contributed by atoms with Crippen LogP contribution < -0.4 is 16.0 Å². The summed E-state index contributed by atoms with van der Waals surface area (Å²) < 4.78 is 0. The second-order valence-corrected chi connectivity index (χ2v) is 6.01. The second kappa shape index (κ2) is 7.29. The van der Waals surface area contributed by atoms with Crippen LogP contribution >= 0.6 is 0 Å². The summed E-state index contributed by atoms with van der Waals surface area (Å²) in [6.07, 6.45) is 2.40. The maximum absolute atomic E-state index is 11.9. The summed E-state index contributed by atoms with van der Waals surface area (Å²) in [7, 11) is 0. The number of aryl methyl sites for hydroxylation is 3. The fraction of sp³-hybridized carbons (Fsp3) is 0.529. The molecule has 1 fully saturated rings. The molecule has 1 aliphatic heterocycles. The van der Waals surface area contributed by atoms with Crippen LogP contribution in [-0.4, -0.2) is 31.1 Å². The van der Waals surface area contributed by atoms with Gasteiger partial charge in [0.2, 0.25) is 5.91 Å². The topological polar surface area (TPSA) is 70.2 Å². The van der Waals surface area contributed by atoms with Crippen LogP contribution in [-0.2, 0) is 11.2 Å². The number of nitrogens with one attached hydrogen (secondary N) is 3. The lowest BCUT2D eigenvalue weighted by molar-refractivity contribution is -0.124. The fourth-order valence-electron chi connectivity index (χ4n) is 3.02. The first kappa shape index (κ1) is 16.3. The van der Waals surface area contributed by atoms with Crippen molar-refractivity contribution in [1.29, 1.82) is 0 Å². The Kier molecular flexibility index (Phi) is 5.41. The van der Waals surface area contributed by atoms with Crippen molar-refractivity contribution in [2.75, 3.05) is 13.1 Å². The van der Waals surface area contributed by atoms with Gasteiger partial charge < -0.3 is 16.0 Å². The van der Waals surface area contributed by atoms with Gasteiger partial charge in [0.15, 0.2) is 0 Å². The standard InChI is InChI=1S/C17H25N3O2/c1-11-9-12(2)14(13(3)10-11)6-8-19-17(22)20-15-5-4-7-18-16(15)21/h9-10,15H,4-8H2,1-3H3,(H,18,21)(H2,19,20,22). The normalized spacial score (nSPS) is 17.8. The number of amides is 3. The minimum absolute atomic E-state index is 0.0911. The zero-order valence-corrected chi connectivity index (χ0v) is 13.6. The van der Waals surface area contributed by atoms with E-state index in [1.807, 2.05) is 0 Å². The lowest BCUT2D eigenvalue weighted by atomic mass is 9.97. The van der Waals surface area contributed by atoms with Gasteiger partial charge >= 0.3 is 6.03 Å². The summed E-state index contributed by atoms with van der Waals surface area (Å²) >= 11 is 0. The third kappa shape index (κ3) is 4.23. The predicted octanol–water partition coefficient (Wildman–Crippen LogP) is 1.73. The number of carbonyl (C=O) groups excluding carboxylic acids is 2. The summed E-state index contributed by atoms with van der Waals surface area (Å²) in [6, 6.07) is 3.64. The zero-order valence-electron chi connectivity index (χ0n) is 13.6. The van der Waals surface area contributed by atoms with Crippen molar-refractivity contribution in [2.45, 2.75) is 46.1 Å². The van der Waals surface area contributed by atoms with E-state index in [9.17, 15) is 9.59 Å². The molecule has 5 nitrogen and oxygen atoms in total. The monoisotopic (exact) mass is 303 g/mol. The number of carbonyl (C=O) groups is 2. The first-order valence-corrected chi connectivity index (χ1v) is 7.86. The molecule has 0 bridgehead atoms. The molecular weight excluding hydrogens is 278 g/mol. The van der Waals surface area contributed by atoms with Crippen molar-refractivity contribution in [2.24, 2.45) is 0 Å². The van der Waals surface area contributed by atoms with E-state index in [1.165, 1.54) is 22.3 Å². The Bertz CT molecular complexity index is 546. The van der Waals surface area contributed by atoms with E-state index in [0.29, 0.717) is 19.5 Å². The van der Waals surface area contributed by atoms with E-state index in [1.54, 1.807) is 0 Å². The van der Waals surface area contributed by atoms with Gasteiger partial charge in [0, 0.05) is 13.1 Å². The van der Waals surface area contributed by atoms with Gasteiger partial charge in [-0.05, 0) is 56.7 Å². The minimum atomic E-state index is -0.406. The molecule has 0 aliphatic carbocycles. The van der Waals surface area contributed by atoms with Crippen molar-refractivity contribution in [3.63, 3.8) is 0 Å². The lowest BCUT2D eigenvalue weighted by Gasteiger charge is -2.23. The highest BCUT2D eigenvalue weighted by atomic mass is 16.2. The zero-order chi connectivity index (χ0) is 16.1. The Hall–Kier alpha value is -2.04. The maximum Gasteiger partial charge on any atom is 0.315 e. The molecule has 1 aromatic carbocycles. The Morgan fingerprint density at radius 1 is 1.27 bits per heavy atom. The van der Waals surface area contributed by atoms with Gasteiger partial charge in [0.1, 0.15) is 6.04 Å². The third-order valence-corrected chi connectivity index (χ3v) is 4.09. The molecule has 1 saturated heterocycles. The number of urea groups is 1. The number of benzene rings is 1. The van der Waals surface area contributed by atoms with Crippen molar-refractivity contribution in [1.82, 2.24) is 16.0 Å². The highest BCUT2D eigenvalue weighted by Gasteiger charge is 2.23. The number of rotatable bonds is 4. The van der Waals surface area contributed by atoms with Crippen LogP contribution in [0, 0.1) is 20.8 Å². The molecule has 1 heterocycles. The molecule has 3 amide bonds. The summed E-state index contributed by atoms with van der Waals surface area (Å²) in [5, 5.41) is 8.33. The van der Waals surface area contributed by atoms with Crippen LogP contribution in [0.1, 0.15) is 35.1 Å². The Morgan fingerprint density at radius 2 is 1.95 bits per heavy atom. The molecule has 0 spiro atoms. The first-order valence-electron chi connectivity index (χ1n) is 7.86. The SMILES string of the molecule is Cc1cc(C)c(CCNC(=O)NC2CCCNC2=O)c(C)c1. The summed E-state index contributed by atoms with van der Waals surface area (Å²) in [4.78, 5) is 23.5. The van der Waals surface area contributed by atoms with Crippen molar-refractivity contribution in [3.8, 4) is 0 Å². The van der Waals surface area contributed by atoms with Crippen LogP contribution in [0.5, 0.6) is 0 Å². The van der Waals surface area contributed by atoms with Gasteiger partial charge in [0.05, 0.1) is 0 Å². The minimum Gasteiger partial charge on any atom is -0.354 e. The van der Waals surface area contributed by atoms with Gasteiger partial charge in [-0.2, -0.15) is 0 Å². The van der Waals surface area contributed by atoms with Crippen molar-refractivity contribution >= 4 is 11.9 Å². The molecule has 1 aromatic rings. The van der Waals surface area contributed by atoms with Crippen LogP contribution in [0.3, 0.4) is 0 Å². The highest BCUT2D eigenvalue weighted by molar-refractivity contribution is 5.87. The average molecular weight is 303 g/mol. The average Bonchev–Trinajstić information content (AvgIpc) is 2.44. The molecule has 1 unspecified atom stereocenters. The van der Waals surface area contributed by atoms with E-state index in [2.05, 4.69) is 48.9 Å². The Balaban J connectivity index is 1.81. The van der Waals surface area contributed by atoms with E-state index < -0.39 is 6.04 Å². The van der Waals surface area contributed by atoms with Crippen LogP contribution in [0.15, 0.2) is 12.1 Å². The summed E-state index contributed by atoms with van der Waals surface area (Å²) in [6.45, 7) is 7.55. The van der Waals surface area contributed by atoms with E-state index in [4.69, 9.17) is 0 Å². The van der Waals surface area contributed by atoms with Gasteiger partial charge in [-0.3, -0.25) is 4.79 Å². The predicted molar refractivity (Wildman–Crippen MR) is 86.9 cm³/mol. The van der Waals surface area contributed by atoms with Gasteiger partial charge in [0.25, 0.3) is 0 Å². The van der Waals surface area contributed by atoms with Crippen LogP contribution in [0.25, 0.3) is 0 Å². The maximum atomic E-state index is 11.9. The second-order valence-electron chi connectivity index (χ2n) is 6.01. The van der Waals surface area contributed by atoms with E-state index in [0.717, 1.165) is 12.8 Å². The molecule has 5 heteroatoms. The lowest BCUT2D eigenvalue weighted by Crippen LogP contribution is -2.52. The number of hydrogen-bond acceptors (Lipinski definition) is 2. The first-order chi connectivity index (χ1) is 10.5. The molecule has 1 aliphatic rings. The molecular formula is C17H25N3O2. The Morgan fingerprint density at radius 3 is 2.59 bits per heavy atom. The van der Waals surface area contributed by atoms with Crippen molar-refractivity contribution in [3.05, 3.63) is 34.4 Å². The Labute approximate surface area is 131 Å². The molecule has 22 heavy (non-hydrogen) atoms. The summed E-state index contributed by atoms with van der Waals surface area (Å²) in [5.41, 5.74) is 5.05.